The number of hydrogen-bond donors (Lipinski definition) is 0. The fourth-order valence-corrected chi connectivity index (χ4v) is 1.75. The Bertz CT molecular complexity index is 290. The summed E-state index contributed by atoms with van der Waals surface area (Å²) in [4.78, 5) is 0. The molecular weight excluding hydrogens is 251 g/mol. The largest absolute Gasteiger partial charge is 0.462 e. The highest BCUT2D eigenvalue weighted by atomic mass is 19.4. The van der Waals surface area contributed by atoms with Crippen molar-refractivity contribution in [2.75, 3.05) is 19.8 Å². The van der Waals surface area contributed by atoms with Gasteiger partial charge >= 0.3 is 18.1 Å². The highest BCUT2D eigenvalue weighted by Crippen LogP contribution is 2.52. The van der Waals surface area contributed by atoms with Gasteiger partial charge in [0.2, 0.25) is 0 Å². The van der Waals surface area contributed by atoms with Crippen molar-refractivity contribution in [3.63, 3.8) is 0 Å². The van der Waals surface area contributed by atoms with Crippen molar-refractivity contribution in [2.45, 2.75) is 31.4 Å². The molecule has 0 aromatic heterocycles. The average molecular weight is 262 g/mol. The molecule has 2 bridgehead atoms. The molecule has 100 valence electrons. The zero-order valence-corrected chi connectivity index (χ0v) is 8.94. The van der Waals surface area contributed by atoms with Crippen LogP contribution in [0, 0.1) is 5.41 Å². The van der Waals surface area contributed by atoms with E-state index in [1.54, 1.807) is 6.92 Å². The molecule has 0 unspecified atom stereocenters. The van der Waals surface area contributed by atoms with E-state index >= 15 is 0 Å². The molecule has 8 heteroatoms. The third-order valence-corrected chi connectivity index (χ3v) is 3.20. The van der Waals surface area contributed by atoms with Gasteiger partial charge in [0.15, 0.2) is 0 Å². The molecule has 3 aliphatic heterocycles. The van der Waals surface area contributed by atoms with Gasteiger partial charge < -0.3 is 14.2 Å². The molecule has 17 heavy (non-hydrogen) atoms. The molecule has 0 radical (unpaired) electrons. The van der Waals surface area contributed by atoms with E-state index in [0.717, 1.165) is 0 Å². The molecule has 0 atom stereocenters. The lowest BCUT2D eigenvalue weighted by molar-refractivity contribution is -0.548. The number of ether oxygens (including phenoxy) is 3. The maximum absolute atomic E-state index is 13.2. The SMILES string of the molecule is CCC12COC(C(F)(F)C(F)(F)F)(OC1)OC2. The van der Waals surface area contributed by atoms with Crippen LogP contribution in [-0.4, -0.2) is 37.9 Å². The summed E-state index contributed by atoms with van der Waals surface area (Å²) in [6.07, 6.45) is -5.27. The van der Waals surface area contributed by atoms with Gasteiger partial charge in [-0.15, -0.1) is 0 Å². The van der Waals surface area contributed by atoms with E-state index in [0.29, 0.717) is 6.42 Å². The van der Waals surface area contributed by atoms with Gasteiger partial charge in [0.1, 0.15) is 0 Å². The lowest BCUT2D eigenvalue weighted by Crippen LogP contribution is -2.70. The molecule has 3 heterocycles. The summed E-state index contributed by atoms with van der Waals surface area (Å²) in [6.45, 7) is 1.08. The molecule has 3 rings (SSSR count). The van der Waals surface area contributed by atoms with Gasteiger partial charge in [0.25, 0.3) is 0 Å². The zero-order valence-electron chi connectivity index (χ0n) is 8.94. The molecular formula is C9H11F5O3. The Hall–Kier alpha value is -0.470. The smallest absolute Gasteiger partial charge is 0.322 e. The van der Waals surface area contributed by atoms with Crippen molar-refractivity contribution in [3.05, 3.63) is 0 Å². The first-order chi connectivity index (χ1) is 7.68. The van der Waals surface area contributed by atoms with Crippen LogP contribution in [0.25, 0.3) is 0 Å². The first-order valence-corrected chi connectivity index (χ1v) is 5.04. The van der Waals surface area contributed by atoms with Crippen LogP contribution in [0.3, 0.4) is 0 Å². The van der Waals surface area contributed by atoms with Gasteiger partial charge in [-0.05, 0) is 6.42 Å². The second-order valence-electron chi connectivity index (χ2n) is 4.35. The Labute approximate surface area is 93.8 Å². The summed E-state index contributed by atoms with van der Waals surface area (Å²) in [5.41, 5.74) is -0.622. The van der Waals surface area contributed by atoms with Crippen LogP contribution in [0.1, 0.15) is 13.3 Å². The Morgan fingerprint density at radius 1 is 0.941 bits per heavy atom. The predicted octanol–water partition coefficient (Wildman–Crippen LogP) is 2.31. The van der Waals surface area contributed by atoms with Gasteiger partial charge in [-0.1, -0.05) is 6.92 Å². The number of alkyl halides is 5. The standard InChI is InChI=1S/C9H11F5O3/c1-2-6-3-15-9(16-4-6,17-5-6)7(10,11)8(12,13)14/h2-5H2,1H3. The van der Waals surface area contributed by atoms with E-state index in [1.807, 2.05) is 0 Å². The van der Waals surface area contributed by atoms with Gasteiger partial charge in [0, 0.05) is 5.41 Å². The fraction of sp³-hybridized carbons (Fsp3) is 1.00. The fourth-order valence-electron chi connectivity index (χ4n) is 1.75. The molecule has 0 spiro atoms. The van der Waals surface area contributed by atoms with E-state index in [9.17, 15) is 22.0 Å². The van der Waals surface area contributed by atoms with Gasteiger partial charge in [0.05, 0.1) is 19.8 Å². The van der Waals surface area contributed by atoms with Crippen LogP contribution in [0.15, 0.2) is 0 Å². The first kappa shape index (κ1) is 13.0. The van der Waals surface area contributed by atoms with Crippen LogP contribution < -0.4 is 0 Å². The van der Waals surface area contributed by atoms with Crippen molar-refractivity contribution in [1.82, 2.24) is 0 Å². The number of rotatable bonds is 2. The summed E-state index contributed by atoms with van der Waals surface area (Å²) in [6, 6.07) is 0. The lowest BCUT2D eigenvalue weighted by Gasteiger charge is -2.53. The van der Waals surface area contributed by atoms with Crippen molar-refractivity contribution in [1.29, 1.82) is 0 Å². The summed E-state index contributed by atoms with van der Waals surface area (Å²) < 4.78 is 76.8. The van der Waals surface area contributed by atoms with Crippen LogP contribution in [0.4, 0.5) is 22.0 Å². The molecule has 0 aromatic carbocycles. The number of hydrogen-bond acceptors (Lipinski definition) is 3. The molecule has 3 fully saturated rings. The quantitative estimate of drug-likeness (QED) is 0.715. The Morgan fingerprint density at radius 3 is 1.65 bits per heavy atom. The van der Waals surface area contributed by atoms with Gasteiger partial charge in [-0.25, -0.2) is 0 Å². The minimum absolute atomic E-state index is 0.227. The van der Waals surface area contributed by atoms with Gasteiger partial charge in [-0.2, -0.15) is 22.0 Å². The average Bonchev–Trinajstić information content (AvgIpc) is 2.30. The normalized spacial score (nSPS) is 38.5. The second kappa shape index (κ2) is 3.52. The van der Waals surface area contributed by atoms with E-state index in [-0.39, 0.29) is 19.8 Å². The monoisotopic (exact) mass is 262 g/mol. The molecule has 3 nitrogen and oxygen atoms in total. The van der Waals surface area contributed by atoms with Crippen molar-refractivity contribution >= 4 is 0 Å². The van der Waals surface area contributed by atoms with Crippen LogP contribution in [0.2, 0.25) is 0 Å². The Balaban J connectivity index is 2.25. The maximum Gasteiger partial charge on any atom is 0.462 e. The minimum Gasteiger partial charge on any atom is -0.322 e. The van der Waals surface area contributed by atoms with Crippen LogP contribution >= 0.6 is 0 Å². The second-order valence-corrected chi connectivity index (χ2v) is 4.35. The van der Waals surface area contributed by atoms with Crippen molar-refractivity contribution in [2.24, 2.45) is 5.41 Å². The zero-order chi connectivity index (χ0) is 12.9. The lowest BCUT2D eigenvalue weighted by atomic mass is 9.85. The van der Waals surface area contributed by atoms with Crippen LogP contribution in [0.5, 0.6) is 0 Å². The van der Waals surface area contributed by atoms with E-state index in [4.69, 9.17) is 0 Å². The third-order valence-electron chi connectivity index (χ3n) is 3.20. The summed E-state index contributed by atoms with van der Waals surface area (Å²) in [7, 11) is 0. The highest BCUT2D eigenvalue weighted by molar-refractivity contribution is 4.96. The molecule has 0 amide bonds. The van der Waals surface area contributed by atoms with Crippen LogP contribution in [-0.2, 0) is 14.2 Å². The Kier molecular flexibility index (Phi) is 2.68. The topological polar surface area (TPSA) is 27.7 Å². The van der Waals surface area contributed by atoms with Gasteiger partial charge in [-0.3, -0.25) is 0 Å². The summed E-state index contributed by atoms with van der Waals surface area (Å²) >= 11 is 0. The first-order valence-electron chi connectivity index (χ1n) is 5.04. The predicted molar refractivity (Wildman–Crippen MR) is 44.3 cm³/mol. The van der Waals surface area contributed by atoms with E-state index in [2.05, 4.69) is 14.2 Å². The molecule has 0 aliphatic carbocycles. The minimum atomic E-state index is -5.78. The van der Waals surface area contributed by atoms with E-state index in [1.165, 1.54) is 0 Å². The number of fused-ring (bicyclic) bond motifs is 3. The summed E-state index contributed by atoms with van der Waals surface area (Å²) in [5, 5.41) is 0. The molecule has 3 aliphatic rings. The third kappa shape index (κ3) is 1.65. The molecule has 3 saturated heterocycles. The molecule has 0 aromatic rings. The van der Waals surface area contributed by atoms with Crippen molar-refractivity contribution in [3.8, 4) is 0 Å². The summed E-state index contributed by atoms with van der Waals surface area (Å²) in [5.74, 6) is -8.51. The highest BCUT2D eigenvalue weighted by Gasteiger charge is 2.77. The van der Waals surface area contributed by atoms with E-state index < -0.39 is 23.5 Å². The maximum atomic E-state index is 13.2. The number of halogens is 5. The molecule has 0 N–H and O–H groups in total. The Morgan fingerprint density at radius 2 is 1.35 bits per heavy atom. The molecule has 0 saturated carbocycles. The van der Waals surface area contributed by atoms with Crippen molar-refractivity contribution < 1.29 is 36.2 Å².